The molecule has 1 aliphatic heterocycles. The third kappa shape index (κ3) is 6.01. The first-order valence-corrected chi connectivity index (χ1v) is 11.7. The highest BCUT2D eigenvalue weighted by Crippen LogP contribution is 2.32. The van der Waals surface area contributed by atoms with Gasteiger partial charge in [0.2, 0.25) is 0 Å². The molecule has 0 bridgehead atoms. The van der Waals surface area contributed by atoms with Gasteiger partial charge in [-0.1, -0.05) is 12.1 Å². The van der Waals surface area contributed by atoms with Crippen LogP contribution in [0.3, 0.4) is 0 Å². The number of oxazole rings is 1. The third-order valence-corrected chi connectivity index (χ3v) is 6.00. The normalized spacial score (nSPS) is 14.4. The number of carbonyl (C=O) groups excluding carboxylic acids is 2. The Morgan fingerprint density at radius 1 is 1.11 bits per heavy atom. The molecule has 10 heteroatoms. The molecule has 1 saturated heterocycles. The van der Waals surface area contributed by atoms with Gasteiger partial charge in [0, 0.05) is 50.0 Å². The van der Waals surface area contributed by atoms with E-state index < -0.39 is 17.4 Å². The van der Waals surface area contributed by atoms with Crippen LogP contribution in [0.15, 0.2) is 59.5 Å². The number of nitrogens with one attached hydrogen (secondary N) is 2. The van der Waals surface area contributed by atoms with Crippen LogP contribution in [-0.4, -0.2) is 67.1 Å². The van der Waals surface area contributed by atoms with E-state index >= 15 is 0 Å². The molecule has 0 spiro atoms. The Bertz CT molecular complexity index is 1210. The van der Waals surface area contributed by atoms with Crippen LogP contribution in [-0.2, 0) is 9.59 Å². The van der Waals surface area contributed by atoms with E-state index in [2.05, 4.69) is 20.5 Å². The Kier molecular flexibility index (Phi) is 7.54. The summed E-state index contributed by atoms with van der Waals surface area (Å²) in [5.41, 5.74) is 1.04. The van der Waals surface area contributed by atoms with Gasteiger partial charge >= 0.3 is 11.8 Å². The zero-order valence-electron chi connectivity index (χ0n) is 20.6. The summed E-state index contributed by atoms with van der Waals surface area (Å²) in [6, 6.07) is 11.8. The maximum Gasteiger partial charge on any atom is 0.313 e. The lowest BCUT2D eigenvalue weighted by molar-refractivity contribution is -0.137. The molecule has 2 N–H and O–H groups in total. The van der Waals surface area contributed by atoms with Crippen molar-refractivity contribution in [3.63, 3.8) is 0 Å². The largest absolute Gasteiger partial charge is 0.496 e. The predicted molar refractivity (Wildman–Crippen MR) is 134 cm³/mol. The number of piperazine rings is 1. The molecule has 0 unspecified atom stereocenters. The molecule has 9 nitrogen and oxygen atoms in total. The average molecular weight is 496 g/mol. The Labute approximate surface area is 209 Å². The molecule has 2 amide bonds. The smallest absolute Gasteiger partial charge is 0.313 e. The highest BCUT2D eigenvalue weighted by Gasteiger charge is 2.29. The lowest BCUT2D eigenvalue weighted by Crippen LogP contribution is -2.57. The summed E-state index contributed by atoms with van der Waals surface area (Å²) in [5.74, 6) is -0.737. The van der Waals surface area contributed by atoms with Crippen LogP contribution in [0, 0.1) is 5.82 Å². The highest BCUT2D eigenvalue weighted by molar-refractivity contribution is 6.39. The molecule has 1 aliphatic rings. The Morgan fingerprint density at radius 2 is 1.86 bits per heavy atom. The number of hydrogen-bond donors (Lipinski definition) is 2. The molecule has 2 heterocycles. The molecule has 0 atom stereocenters. The van der Waals surface area contributed by atoms with E-state index in [1.807, 2.05) is 24.8 Å². The number of methoxy groups -OCH3 is 1. The first-order valence-electron chi connectivity index (χ1n) is 11.7. The van der Waals surface area contributed by atoms with E-state index in [1.54, 1.807) is 36.5 Å². The minimum atomic E-state index is -0.776. The summed E-state index contributed by atoms with van der Waals surface area (Å²) in [6.45, 7) is 7.09. The van der Waals surface area contributed by atoms with Crippen LogP contribution < -0.4 is 20.3 Å². The fourth-order valence-corrected chi connectivity index (χ4v) is 4.33. The van der Waals surface area contributed by atoms with Gasteiger partial charge in [0.1, 0.15) is 11.6 Å². The fourth-order valence-electron chi connectivity index (χ4n) is 4.33. The number of anilines is 2. The van der Waals surface area contributed by atoms with E-state index in [9.17, 15) is 14.0 Å². The van der Waals surface area contributed by atoms with E-state index in [0.717, 1.165) is 13.1 Å². The summed E-state index contributed by atoms with van der Waals surface area (Å²) in [6.07, 6.45) is 2.88. The highest BCUT2D eigenvalue weighted by atomic mass is 19.1. The molecule has 0 aliphatic carbocycles. The molecule has 0 radical (unpaired) electrons. The van der Waals surface area contributed by atoms with Crippen molar-refractivity contribution in [2.24, 2.45) is 0 Å². The zero-order chi connectivity index (χ0) is 25.7. The van der Waals surface area contributed by atoms with Crippen LogP contribution in [0.25, 0.3) is 11.3 Å². The van der Waals surface area contributed by atoms with Gasteiger partial charge in [0.05, 0.1) is 24.6 Å². The Balaban J connectivity index is 1.30. The topological polar surface area (TPSA) is 99.9 Å². The van der Waals surface area contributed by atoms with Crippen molar-refractivity contribution in [2.45, 2.75) is 19.4 Å². The number of nitrogens with zero attached hydrogens (tertiary/aromatic N) is 3. The Morgan fingerprint density at radius 3 is 2.53 bits per heavy atom. The molecule has 3 aromatic rings. The summed E-state index contributed by atoms with van der Waals surface area (Å²) >= 11 is 0. The second kappa shape index (κ2) is 10.8. The number of para-hydroxylation sites is 1. The maximum absolute atomic E-state index is 14.1. The van der Waals surface area contributed by atoms with Crippen LogP contribution in [0.5, 0.6) is 5.75 Å². The monoisotopic (exact) mass is 495 g/mol. The molecule has 2 aromatic carbocycles. The zero-order valence-corrected chi connectivity index (χ0v) is 20.6. The van der Waals surface area contributed by atoms with Gasteiger partial charge in [0.15, 0.2) is 12.2 Å². The number of halogens is 1. The summed E-state index contributed by atoms with van der Waals surface area (Å²) in [7, 11) is 1.51. The van der Waals surface area contributed by atoms with Crippen molar-refractivity contribution in [2.75, 3.05) is 50.1 Å². The van der Waals surface area contributed by atoms with Crippen LogP contribution in [0.1, 0.15) is 13.8 Å². The Hall–Kier alpha value is -3.92. The predicted octanol–water partition coefficient (Wildman–Crippen LogP) is 3.14. The van der Waals surface area contributed by atoms with Crippen LogP contribution >= 0.6 is 0 Å². The van der Waals surface area contributed by atoms with E-state index in [1.165, 1.54) is 19.6 Å². The molecule has 190 valence electrons. The number of rotatable bonds is 7. The lowest BCUT2D eigenvalue weighted by Gasteiger charge is -2.40. The molecule has 4 rings (SSSR count). The van der Waals surface area contributed by atoms with Gasteiger partial charge in [0.25, 0.3) is 0 Å². The van der Waals surface area contributed by atoms with Crippen molar-refractivity contribution in [3.8, 4) is 17.1 Å². The molecular formula is C26H30FN5O4. The van der Waals surface area contributed by atoms with Crippen molar-refractivity contribution in [1.29, 1.82) is 0 Å². The molecular weight excluding hydrogens is 465 g/mol. The number of amides is 2. The van der Waals surface area contributed by atoms with Gasteiger partial charge in [-0.15, -0.1) is 0 Å². The fraction of sp³-hybridized carbons (Fsp3) is 0.346. The summed E-state index contributed by atoms with van der Waals surface area (Å²) < 4.78 is 24.8. The number of ether oxygens (including phenoxy) is 1. The number of aromatic nitrogens is 1. The summed E-state index contributed by atoms with van der Waals surface area (Å²) in [5, 5.41) is 5.43. The van der Waals surface area contributed by atoms with Gasteiger partial charge in [-0.3, -0.25) is 14.5 Å². The van der Waals surface area contributed by atoms with Crippen molar-refractivity contribution in [1.82, 2.24) is 15.2 Å². The minimum absolute atomic E-state index is 0.227. The van der Waals surface area contributed by atoms with Crippen LogP contribution in [0.2, 0.25) is 0 Å². The number of hydrogen-bond acceptors (Lipinski definition) is 7. The third-order valence-electron chi connectivity index (χ3n) is 6.00. The van der Waals surface area contributed by atoms with Gasteiger partial charge < -0.3 is 24.7 Å². The maximum atomic E-state index is 14.1. The van der Waals surface area contributed by atoms with Crippen molar-refractivity contribution in [3.05, 3.63) is 60.9 Å². The SMILES string of the molecule is COc1cc(NC(=O)C(=O)NC(C)(C)CN2CCN(c3ccccc3F)CC2)ccc1-c1cnco1. The molecule has 1 aromatic heterocycles. The standard InChI is InChI=1S/C26H30FN5O4/c1-26(2,16-31-10-12-32(13-11-31)21-7-5-4-6-20(21)27)30-25(34)24(33)29-18-8-9-19(22(14-18)35-3)23-15-28-17-36-23/h4-9,14-15,17H,10-13,16H2,1-3H3,(H,29,33)(H,30,34). The van der Waals surface area contributed by atoms with Gasteiger partial charge in [-0.05, 0) is 38.1 Å². The lowest BCUT2D eigenvalue weighted by atomic mass is 10.0. The van der Waals surface area contributed by atoms with E-state index in [-0.39, 0.29) is 5.82 Å². The first kappa shape index (κ1) is 25.2. The summed E-state index contributed by atoms with van der Waals surface area (Å²) in [4.78, 5) is 33.3. The minimum Gasteiger partial charge on any atom is -0.496 e. The van der Waals surface area contributed by atoms with Crippen molar-refractivity contribution < 1.29 is 23.1 Å². The average Bonchev–Trinajstić information content (AvgIpc) is 3.39. The second-order valence-corrected chi connectivity index (χ2v) is 9.29. The molecule has 1 fully saturated rings. The van der Waals surface area contributed by atoms with Crippen LogP contribution in [0.4, 0.5) is 15.8 Å². The van der Waals surface area contributed by atoms with Crippen molar-refractivity contribution >= 4 is 23.2 Å². The number of benzene rings is 2. The quantitative estimate of drug-likeness (QED) is 0.486. The number of carbonyl (C=O) groups is 2. The first-order chi connectivity index (χ1) is 17.3. The molecule has 36 heavy (non-hydrogen) atoms. The van der Waals surface area contributed by atoms with E-state index in [0.29, 0.717) is 48.1 Å². The van der Waals surface area contributed by atoms with Gasteiger partial charge in [-0.2, -0.15) is 0 Å². The second-order valence-electron chi connectivity index (χ2n) is 9.29. The van der Waals surface area contributed by atoms with E-state index in [4.69, 9.17) is 9.15 Å². The van der Waals surface area contributed by atoms with Gasteiger partial charge in [-0.25, -0.2) is 9.37 Å². The molecule has 0 saturated carbocycles.